The Morgan fingerprint density at radius 1 is 1.16 bits per heavy atom. The lowest BCUT2D eigenvalue weighted by Gasteiger charge is -2.36. The van der Waals surface area contributed by atoms with E-state index in [1.165, 1.54) is 5.56 Å². The maximum absolute atomic E-state index is 12.0. The van der Waals surface area contributed by atoms with Gasteiger partial charge in [-0.1, -0.05) is 18.2 Å². The van der Waals surface area contributed by atoms with Gasteiger partial charge in [0.25, 0.3) is 0 Å². The Balaban J connectivity index is 0.00000363. The minimum absolute atomic E-state index is 0. The van der Waals surface area contributed by atoms with Gasteiger partial charge in [-0.3, -0.25) is 14.7 Å². The number of aliphatic imine (C=N–C) groups is 1. The van der Waals surface area contributed by atoms with Crippen LogP contribution in [-0.2, 0) is 11.3 Å². The SMILES string of the molecule is CN=C(NCc1ccccc1-n1nc(C)cc1C)N1CCN(CC(=O)NC(C)C)CC1.I. The molecule has 0 bridgehead atoms. The van der Waals surface area contributed by atoms with E-state index in [1.807, 2.05) is 38.6 Å². The zero-order chi connectivity index (χ0) is 22.4. The number of nitrogens with one attached hydrogen (secondary N) is 2. The first-order valence-electron chi connectivity index (χ1n) is 11.0. The number of hydrogen-bond acceptors (Lipinski definition) is 4. The predicted molar refractivity (Wildman–Crippen MR) is 140 cm³/mol. The molecular formula is C23H36IN7O. The van der Waals surface area contributed by atoms with Crippen LogP contribution in [0.2, 0.25) is 0 Å². The average Bonchev–Trinajstić information content (AvgIpc) is 3.07. The van der Waals surface area contributed by atoms with Crippen molar-refractivity contribution in [2.75, 3.05) is 39.8 Å². The third-order valence-corrected chi connectivity index (χ3v) is 5.37. The van der Waals surface area contributed by atoms with Crippen LogP contribution in [0.15, 0.2) is 35.3 Å². The topological polar surface area (TPSA) is 77.8 Å². The Hall–Kier alpha value is -2.14. The number of amides is 1. The van der Waals surface area contributed by atoms with Crippen molar-refractivity contribution in [3.63, 3.8) is 0 Å². The molecule has 0 atom stereocenters. The van der Waals surface area contributed by atoms with Crippen molar-refractivity contribution in [2.45, 2.75) is 40.3 Å². The van der Waals surface area contributed by atoms with E-state index in [0.29, 0.717) is 13.1 Å². The number of carbonyl (C=O) groups excluding carboxylic acids is 1. The fourth-order valence-electron chi connectivity index (χ4n) is 3.93. The van der Waals surface area contributed by atoms with Gasteiger partial charge in [0.1, 0.15) is 0 Å². The summed E-state index contributed by atoms with van der Waals surface area (Å²) < 4.78 is 2.00. The molecule has 1 aromatic heterocycles. The molecule has 1 amide bonds. The molecule has 0 aliphatic carbocycles. The van der Waals surface area contributed by atoms with E-state index in [0.717, 1.165) is 49.2 Å². The number of rotatable bonds is 6. The third kappa shape index (κ3) is 6.93. The zero-order valence-electron chi connectivity index (χ0n) is 19.8. The molecule has 0 radical (unpaired) electrons. The van der Waals surface area contributed by atoms with Gasteiger partial charge in [0.05, 0.1) is 17.9 Å². The molecule has 2 heterocycles. The molecule has 1 fully saturated rings. The molecule has 2 aromatic rings. The second kappa shape index (κ2) is 12.2. The van der Waals surface area contributed by atoms with Crippen LogP contribution < -0.4 is 10.6 Å². The summed E-state index contributed by atoms with van der Waals surface area (Å²) in [6.07, 6.45) is 0. The number of benzene rings is 1. The van der Waals surface area contributed by atoms with Crippen LogP contribution in [-0.4, -0.2) is 77.3 Å². The largest absolute Gasteiger partial charge is 0.353 e. The number of aromatic nitrogens is 2. The number of aryl methyl sites for hydroxylation is 2. The van der Waals surface area contributed by atoms with Crippen LogP contribution in [0.25, 0.3) is 5.69 Å². The van der Waals surface area contributed by atoms with E-state index in [2.05, 4.69) is 61.7 Å². The second-order valence-corrected chi connectivity index (χ2v) is 8.35. The molecule has 9 heteroatoms. The van der Waals surface area contributed by atoms with E-state index < -0.39 is 0 Å². The first-order valence-corrected chi connectivity index (χ1v) is 11.0. The second-order valence-electron chi connectivity index (χ2n) is 8.35. The zero-order valence-corrected chi connectivity index (χ0v) is 22.1. The van der Waals surface area contributed by atoms with Gasteiger partial charge >= 0.3 is 0 Å². The monoisotopic (exact) mass is 553 g/mol. The van der Waals surface area contributed by atoms with Crippen molar-refractivity contribution >= 4 is 35.8 Å². The van der Waals surface area contributed by atoms with Crippen LogP contribution in [0.5, 0.6) is 0 Å². The quantitative estimate of drug-likeness (QED) is 0.326. The van der Waals surface area contributed by atoms with Crippen molar-refractivity contribution in [2.24, 2.45) is 4.99 Å². The standard InChI is InChI=1S/C23H35N7O.HI/c1-17(2)26-22(31)16-28-10-12-29(13-11-28)23(24-5)25-15-20-8-6-7-9-21(20)30-19(4)14-18(3)27-30;/h6-9,14,17H,10-13,15-16H2,1-5H3,(H,24,25)(H,26,31);1H. The Morgan fingerprint density at radius 2 is 1.84 bits per heavy atom. The van der Waals surface area contributed by atoms with Gasteiger partial charge in [-0.05, 0) is 45.4 Å². The summed E-state index contributed by atoms with van der Waals surface area (Å²) in [6, 6.07) is 10.6. The molecule has 176 valence electrons. The molecule has 3 rings (SSSR count). The summed E-state index contributed by atoms with van der Waals surface area (Å²) in [7, 11) is 1.82. The van der Waals surface area contributed by atoms with E-state index >= 15 is 0 Å². The predicted octanol–water partition coefficient (Wildman–Crippen LogP) is 2.32. The van der Waals surface area contributed by atoms with Crippen molar-refractivity contribution < 1.29 is 4.79 Å². The first-order chi connectivity index (χ1) is 14.9. The number of guanidine groups is 1. The summed E-state index contributed by atoms with van der Waals surface area (Å²) in [6.45, 7) is 12.5. The van der Waals surface area contributed by atoms with Crippen molar-refractivity contribution in [3.05, 3.63) is 47.3 Å². The highest BCUT2D eigenvalue weighted by Gasteiger charge is 2.21. The Kier molecular flexibility index (Phi) is 9.95. The first kappa shape index (κ1) is 26.1. The molecule has 2 N–H and O–H groups in total. The third-order valence-electron chi connectivity index (χ3n) is 5.37. The summed E-state index contributed by atoms with van der Waals surface area (Å²) in [4.78, 5) is 21.0. The summed E-state index contributed by atoms with van der Waals surface area (Å²) >= 11 is 0. The number of halogens is 1. The molecule has 1 saturated heterocycles. The van der Waals surface area contributed by atoms with Gasteiger partial charge in [-0.2, -0.15) is 5.10 Å². The van der Waals surface area contributed by atoms with E-state index in [9.17, 15) is 4.79 Å². The maximum Gasteiger partial charge on any atom is 0.234 e. The van der Waals surface area contributed by atoms with Gasteiger partial charge in [0.2, 0.25) is 5.91 Å². The van der Waals surface area contributed by atoms with Crippen LogP contribution in [0.1, 0.15) is 30.8 Å². The highest BCUT2D eigenvalue weighted by Crippen LogP contribution is 2.17. The van der Waals surface area contributed by atoms with Crippen molar-refractivity contribution in [1.82, 2.24) is 30.2 Å². The number of hydrogen-bond donors (Lipinski definition) is 2. The Bertz CT molecular complexity index is 917. The molecule has 8 nitrogen and oxygen atoms in total. The lowest BCUT2D eigenvalue weighted by Crippen LogP contribution is -2.54. The van der Waals surface area contributed by atoms with Crippen LogP contribution in [0.3, 0.4) is 0 Å². The molecule has 1 aliphatic rings. The van der Waals surface area contributed by atoms with Gasteiger partial charge in [-0.25, -0.2) is 4.68 Å². The van der Waals surface area contributed by atoms with Gasteiger partial charge in [-0.15, -0.1) is 24.0 Å². The van der Waals surface area contributed by atoms with Crippen LogP contribution in [0.4, 0.5) is 0 Å². The molecule has 0 unspecified atom stereocenters. The highest BCUT2D eigenvalue weighted by atomic mass is 127. The number of carbonyl (C=O) groups is 1. The average molecular weight is 553 g/mol. The smallest absolute Gasteiger partial charge is 0.234 e. The molecular weight excluding hydrogens is 517 g/mol. The Morgan fingerprint density at radius 3 is 2.44 bits per heavy atom. The highest BCUT2D eigenvalue weighted by molar-refractivity contribution is 14.0. The summed E-state index contributed by atoms with van der Waals surface area (Å²) in [5, 5.41) is 11.1. The van der Waals surface area contributed by atoms with Crippen molar-refractivity contribution in [1.29, 1.82) is 0 Å². The molecule has 0 saturated carbocycles. The number of piperazine rings is 1. The number of nitrogens with zero attached hydrogens (tertiary/aromatic N) is 5. The molecule has 0 spiro atoms. The summed E-state index contributed by atoms with van der Waals surface area (Å²) in [5.74, 6) is 0.973. The van der Waals surface area contributed by atoms with E-state index in [4.69, 9.17) is 0 Å². The Labute approximate surface area is 208 Å². The van der Waals surface area contributed by atoms with Crippen LogP contribution >= 0.6 is 24.0 Å². The maximum atomic E-state index is 12.0. The molecule has 1 aromatic carbocycles. The van der Waals surface area contributed by atoms with E-state index in [-0.39, 0.29) is 35.9 Å². The number of para-hydroxylation sites is 1. The van der Waals surface area contributed by atoms with Gasteiger partial charge in [0, 0.05) is 51.5 Å². The normalized spacial score (nSPS) is 14.9. The van der Waals surface area contributed by atoms with Gasteiger partial charge in [0.15, 0.2) is 5.96 Å². The fourth-order valence-corrected chi connectivity index (χ4v) is 3.93. The summed E-state index contributed by atoms with van der Waals surface area (Å²) in [5.41, 5.74) is 4.37. The van der Waals surface area contributed by atoms with Crippen molar-refractivity contribution in [3.8, 4) is 5.69 Å². The van der Waals surface area contributed by atoms with Crippen LogP contribution in [0, 0.1) is 13.8 Å². The minimum Gasteiger partial charge on any atom is -0.353 e. The van der Waals surface area contributed by atoms with Gasteiger partial charge < -0.3 is 15.5 Å². The lowest BCUT2D eigenvalue weighted by atomic mass is 10.1. The molecule has 1 aliphatic heterocycles. The molecule has 32 heavy (non-hydrogen) atoms. The lowest BCUT2D eigenvalue weighted by molar-refractivity contribution is -0.123. The fraction of sp³-hybridized carbons (Fsp3) is 0.522. The minimum atomic E-state index is 0. The van der Waals surface area contributed by atoms with E-state index in [1.54, 1.807) is 0 Å².